The Bertz CT molecular complexity index is 1150. The second-order valence-corrected chi connectivity index (χ2v) is 7.62. The molecule has 3 amide bonds. The molecule has 0 saturated carbocycles. The lowest BCUT2D eigenvalue weighted by Crippen LogP contribution is -2.44. The van der Waals surface area contributed by atoms with E-state index >= 15 is 0 Å². The number of nitrogens with two attached hydrogens (primary N) is 1. The molecule has 9 nitrogen and oxygen atoms in total. The topological polar surface area (TPSA) is 123 Å². The summed E-state index contributed by atoms with van der Waals surface area (Å²) in [5.41, 5.74) is 7.82. The Labute approximate surface area is 179 Å². The van der Waals surface area contributed by atoms with Gasteiger partial charge in [0.1, 0.15) is 23.6 Å². The number of furan rings is 1. The van der Waals surface area contributed by atoms with E-state index in [-0.39, 0.29) is 24.8 Å². The van der Waals surface area contributed by atoms with Gasteiger partial charge in [-0.2, -0.15) is 5.10 Å². The number of amides is 3. The Morgan fingerprint density at radius 1 is 1.26 bits per heavy atom. The fourth-order valence-corrected chi connectivity index (χ4v) is 4.06. The Balaban J connectivity index is 1.54. The molecule has 31 heavy (non-hydrogen) atoms. The lowest BCUT2D eigenvalue weighted by atomic mass is 10.1. The average Bonchev–Trinajstić information content (AvgIpc) is 3.49. The van der Waals surface area contributed by atoms with Gasteiger partial charge >= 0.3 is 0 Å². The molecule has 2 atom stereocenters. The summed E-state index contributed by atoms with van der Waals surface area (Å²) in [6.07, 6.45) is 2.37. The van der Waals surface area contributed by atoms with Crippen LogP contribution in [0.5, 0.6) is 0 Å². The number of primary amides is 1. The van der Waals surface area contributed by atoms with Gasteiger partial charge in [-0.1, -0.05) is 25.1 Å². The maximum absolute atomic E-state index is 13.2. The fraction of sp³-hybridized carbons (Fsp3) is 0.364. The first-order valence-corrected chi connectivity index (χ1v) is 10.4. The molecular weight excluding hydrogens is 398 g/mol. The summed E-state index contributed by atoms with van der Waals surface area (Å²) in [6, 6.07) is 7.74. The van der Waals surface area contributed by atoms with Crippen molar-refractivity contribution in [2.24, 2.45) is 5.73 Å². The molecule has 9 heteroatoms. The number of rotatable bonds is 6. The molecule has 1 fully saturated rings. The van der Waals surface area contributed by atoms with Crippen LogP contribution in [0.2, 0.25) is 0 Å². The molecule has 1 aromatic carbocycles. The summed E-state index contributed by atoms with van der Waals surface area (Å²) in [7, 11) is 0. The predicted molar refractivity (Wildman–Crippen MR) is 113 cm³/mol. The number of aryl methyl sites for hydroxylation is 2. The third-order valence-electron chi connectivity index (χ3n) is 5.66. The number of fused-ring (bicyclic) bond motifs is 1. The molecule has 3 N–H and O–H groups in total. The minimum atomic E-state index is -0.811. The number of para-hydroxylation sites is 1. The summed E-state index contributed by atoms with van der Waals surface area (Å²) in [4.78, 5) is 39.6. The van der Waals surface area contributed by atoms with E-state index in [4.69, 9.17) is 10.2 Å². The first-order valence-electron chi connectivity index (χ1n) is 10.4. The van der Waals surface area contributed by atoms with Gasteiger partial charge in [-0.05, 0) is 31.9 Å². The summed E-state index contributed by atoms with van der Waals surface area (Å²) >= 11 is 0. The van der Waals surface area contributed by atoms with Crippen molar-refractivity contribution in [2.75, 3.05) is 6.54 Å². The summed E-state index contributed by atoms with van der Waals surface area (Å²) in [5.74, 6) is -1.24. The highest BCUT2D eigenvalue weighted by atomic mass is 16.3. The van der Waals surface area contributed by atoms with Gasteiger partial charge in [0, 0.05) is 24.5 Å². The molecule has 2 aromatic heterocycles. The summed E-state index contributed by atoms with van der Waals surface area (Å²) in [6.45, 7) is 4.63. The molecule has 1 aliphatic heterocycles. The highest BCUT2D eigenvalue weighted by molar-refractivity contribution is 6.07. The largest absolute Gasteiger partial charge is 0.463 e. The smallest absolute Gasteiger partial charge is 0.269 e. The van der Waals surface area contributed by atoms with Crippen molar-refractivity contribution in [1.29, 1.82) is 0 Å². The number of aromatic nitrogens is 2. The molecule has 4 rings (SSSR count). The van der Waals surface area contributed by atoms with Gasteiger partial charge in [0.25, 0.3) is 11.8 Å². The van der Waals surface area contributed by atoms with E-state index in [1.165, 1.54) is 11.2 Å². The number of likely N-dealkylation sites (tertiary alicyclic amines) is 1. The zero-order valence-electron chi connectivity index (χ0n) is 17.5. The van der Waals surface area contributed by atoms with Crippen LogP contribution in [0.15, 0.2) is 41.0 Å². The van der Waals surface area contributed by atoms with Crippen LogP contribution in [-0.2, 0) is 17.8 Å². The molecule has 1 saturated heterocycles. The first-order chi connectivity index (χ1) is 14.9. The van der Waals surface area contributed by atoms with Gasteiger partial charge in [-0.25, -0.2) is 0 Å². The Hall–Kier alpha value is -3.62. The van der Waals surface area contributed by atoms with E-state index in [0.29, 0.717) is 28.8 Å². The van der Waals surface area contributed by atoms with Crippen LogP contribution in [0.1, 0.15) is 46.8 Å². The van der Waals surface area contributed by atoms with Crippen molar-refractivity contribution in [2.45, 2.75) is 45.3 Å². The lowest BCUT2D eigenvalue weighted by Gasteiger charge is -2.21. The number of nitrogens with zero attached hydrogens (tertiary/aromatic N) is 3. The van der Waals surface area contributed by atoms with E-state index in [0.717, 1.165) is 12.1 Å². The highest BCUT2D eigenvalue weighted by Crippen LogP contribution is 2.26. The van der Waals surface area contributed by atoms with Crippen LogP contribution in [0.3, 0.4) is 0 Å². The molecule has 0 spiro atoms. The van der Waals surface area contributed by atoms with Crippen molar-refractivity contribution in [3.8, 4) is 0 Å². The van der Waals surface area contributed by atoms with Gasteiger partial charge in [-0.3, -0.25) is 19.1 Å². The average molecular weight is 423 g/mol. The van der Waals surface area contributed by atoms with Crippen LogP contribution in [0.25, 0.3) is 11.0 Å². The molecular formula is C22H25N5O4. The fourth-order valence-electron chi connectivity index (χ4n) is 4.06. The minimum Gasteiger partial charge on any atom is -0.463 e. The van der Waals surface area contributed by atoms with Gasteiger partial charge in [0.05, 0.1) is 11.3 Å². The molecule has 3 heterocycles. The van der Waals surface area contributed by atoms with Gasteiger partial charge in [0.2, 0.25) is 5.91 Å². The zero-order valence-corrected chi connectivity index (χ0v) is 17.5. The van der Waals surface area contributed by atoms with Crippen molar-refractivity contribution in [3.05, 3.63) is 53.5 Å². The molecule has 1 aliphatic rings. The van der Waals surface area contributed by atoms with E-state index in [1.807, 2.05) is 26.0 Å². The lowest BCUT2D eigenvalue weighted by molar-refractivity contribution is -0.121. The molecule has 3 aromatic rings. The molecule has 0 bridgehead atoms. The maximum atomic E-state index is 13.2. The summed E-state index contributed by atoms with van der Waals surface area (Å²) in [5, 5.41) is 8.00. The van der Waals surface area contributed by atoms with Gasteiger partial charge in [-0.15, -0.1) is 0 Å². The molecule has 162 valence electrons. The van der Waals surface area contributed by atoms with Crippen molar-refractivity contribution in [1.82, 2.24) is 20.0 Å². The van der Waals surface area contributed by atoms with Crippen LogP contribution < -0.4 is 11.1 Å². The second kappa shape index (κ2) is 8.25. The van der Waals surface area contributed by atoms with E-state index in [2.05, 4.69) is 10.4 Å². The van der Waals surface area contributed by atoms with Gasteiger partial charge in [0.15, 0.2) is 0 Å². The number of hydrogen-bond donors (Lipinski definition) is 2. The minimum absolute atomic E-state index is 0.179. The van der Waals surface area contributed by atoms with Crippen molar-refractivity contribution >= 4 is 28.7 Å². The van der Waals surface area contributed by atoms with E-state index in [1.54, 1.807) is 22.9 Å². The third-order valence-corrected chi connectivity index (χ3v) is 5.66. The predicted octanol–water partition coefficient (Wildman–Crippen LogP) is 1.71. The number of carbonyl (C=O) groups is 3. The van der Waals surface area contributed by atoms with Crippen LogP contribution >= 0.6 is 0 Å². The molecule has 0 radical (unpaired) electrons. The normalized spacial score (nSPS) is 18.5. The molecule has 2 unspecified atom stereocenters. The van der Waals surface area contributed by atoms with Crippen LogP contribution in [0, 0.1) is 0 Å². The monoisotopic (exact) mass is 423 g/mol. The molecule has 0 aliphatic carbocycles. The Morgan fingerprint density at radius 3 is 2.74 bits per heavy atom. The maximum Gasteiger partial charge on any atom is 0.269 e. The van der Waals surface area contributed by atoms with Crippen molar-refractivity contribution in [3.63, 3.8) is 0 Å². The number of hydrogen-bond acceptors (Lipinski definition) is 5. The van der Waals surface area contributed by atoms with E-state index < -0.39 is 18.0 Å². The van der Waals surface area contributed by atoms with Crippen LogP contribution in [-0.4, -0.2) is 51.0 Å². The highest BCUT2D eigenvalue weighted by Gasteiger charge is 2.40. The number of benzene rings is 1. The Morgan fingerprint density at radius 2 is 2.03 bits per heavy atom. The summed E-state index contributed by atoms with van der Waals surface area (Å²) < 4.78 is 7.12. The zero-order chi connectivity index (χ0) is 22.1. The first kappa shape index (κ1) is 20.6. The van der Waals surface area contributed by atoms with E-state index in [9.17, 15) is 14.4 Å². The van der Waals surface area contributed by atoms with Crippen molar-refractivity contribution < 1.29 is 18.8 Å². The quantitative estimate of drug-likeness (QED) is 0.625. The SMILES string of the molecule is CCc1cc(C(=O)NC2CC(C(N)=O)N(C(=O)c3coc4ccccc34)C2)n(CC)n1. The van der Waals surface area contributed by atoms with Gasteiger partial charge < -0.3 is 20.4 Å². The van der Waals surface area contributed by atoms with Crippen LogP contribution in [0.4, 0.5) is 0 Å². The number of carbonyl (C=O) groups excluding carboxylic acids is 3. The number of nitrogens with one attached hydrogen (secondary N) is 1. The second-order valence-electron chi connectivity index (χ2n) is 7.62. The third kappa shape index (κ3) is 3.78. The standard InChI is InChI=1S/C22H25N5O4/c1-3-13-9-18(27(4-2)25-13)21(29)24-14-10-17(20(23)28)26(11-14)22(30)16-12-31-19-8-6-5-7-15(16)19/h5-9,12,14,17H,3-4,10-11H2,1-2H3,(H2,23,28)(H,24,29). The Kier molecular flexibility index (Phi) is 5.50.